The van der Waals surface area contributed by atoms with Gasteiger partial charge in [-0.15, -0.1) is 0 Å². The molecule has 3 aromatic carbocycles. The summed E-state index contributed by atoms with van der Waals surface area (Å²) in [7, 11) is 3.16. The number of thiazole rings is 1. The lowest BCUT2D eigenvalue weighted by Gasteiger charge is -2.26. The zero-order chi connectivity index (χ0) is 30.7. The Bertz CT molecular complexity index is 1860. The van der Waals surface area contributed by atoms with Crippen molar-refractivity contribution < 1.29 is 23.7 Å². The maximum Gasteiger partial charge on any atom is 0.338 e. The maximum absolute atomic E-state index is 14.2. The Balaban J connectivity index is 1.77. The number of ether oxygens (including phenoxy) is 4. The van der Waals surface area contributed by atoms with Crippen LogP contribution in [0.1, 0.15) is 43.5 Å². The molecule has 8 nitrogen and oxygen atoms in total. The van der Waals surface area contributed by atoms with Crippen LogP contribution in [0, 0.1) is 0 Å². The Kier molecular flexibility index (Phi) is 9.17. The predicted octanol–water partition coefficient (Wildman–Crippen LogP) is 5.50. The molecule has 0 fully saturated rings. The SMILES string of the molecule is CCOC(=O)C1=C(c2ccccc2)N=c2s/c(=C\c3cc(Br)c(OC(C)C)c(OC)c3)c(=O)n2[C@@H]1c1ccc(OC)cc1. The number of benzene rings is 3. The van der Waals surface area contributed by atoms with Gasteiger partial charge < -0.3 is 18.9 Å². The lowest BCUT2D eigenvalue weighted by atomic mass is 9.93. The van der Waals surface area contributed by atoms with Crippen LogP contribution in [-0.2, 0) is 9.53 Å². The van der Waals surface area contributed by atoms with E-state index in [1.807, 2.05) is 68.4 Å². The van der Waals surface area contributed by atoms with Crippen LogP contribution in [0.3, 0.4) is 0 Å². The van der Waals surface area contributed by atoms with Crippen LogP contribution in [-0.4, -0.2) is 37.5 Å². The zero-order valence-electron chi connectivity index (χ0n) is 24.4. The average Bonchev–Trinajstić information content (AvgIpc) is 3.32. The summed E-state index contributed by atoms with van der Waals surface area (Å²) in [6, 6.07) is 19.7. The van der Waals surface area contributed by atoms with Crippen LogP contribution in [0.5, 0.6) is 17.2 Å². The fourth-order valence-corrected chi connectivity index (χ4v) is 6.42. The van der Waals surface area contributed by atoms with E-state index in [4.69, 9.17) is 23.9 Å². The monoisotopic (exact) mass is 662 g/mol. The van der Waals surface area contributed by atoms with Crippen molar-refractivity contribution in [1.29, 1.82) is 0 Å². The molecule has 5 rings (SSSR count). The smallest absolute Gasteiger partial charge is 0.338 e. The summed E-state index contributed by atoms with van der Waals surface area (Å²) in [6.07, 6.45) is 1.74. The molecule has 1 aliphatic rings. The first-order valence-corrected chi connectivity index (χ1v) is 15.3. The van der Waals surface area contributed by atoms with E-state index in [0.29, 0.717) is 36.8 Å². The first kappa shape index (κ1) is 30.3. The Morgan fingerprint density at radius 1 is 1.07 bits per heavy atom. The minimum Gasteiger partial charge on any atom is -0.497 e. The summed E-state index contributed by atoms with van der Waals surface area (Å²) in [5.74, 6) is 1.25. The summed E-state index contributed by atoms with van der Waals surface area (Å²) in [5.41, 5.74) is 2.68. The molecule has 0 saturated heterocycles. The van der Waals surface area contributed by atoms with Crippen LogP contribution in [0.4, 0.5) is 0 Å². The van der Waals surface area contributed by atoms with Gasteiger partial charge >= 0.3 is 5.97 Å². The molecule has 1 atom stereocenters. The van der Waals surface area contributed by atoms with Crippen LogP contribution in [0.25, 0.3) is 11.8 Å². The molecule has 0 amide bonds. The van der Waals surface area contributed by atoms with Gasteiger partial charge in [-0.25, -0.2) is 9.79 Å². The average molecular weight is 664 g/mol. The van der Waals surface area contributed by atoms with Crippen molar-refractivity contribution in [3.05, 3.63) is 113 Å². The summed E-state index contributed by atoms with van der Waals surface area (Å²) in [4.78, 5) is 33.1. The molecular formula is C33H31BrN2O6S. The number of aromatic nitrogens is 1. The Hall–Kier alpha value is -4.15. The van der Waals surface area contributed by atoms with E-state index in [-0.39, 0.29) is 23.8 Å². The Morgan fingerprint density at radius 3 is 2.42 bits per heavy atom. The highest BCUT2D eigenvalue weighted by Crippen LogP contribution is 2.38. The molecule has 0 N–H and O–H groups in total. The number of rotatable bonds is 9. The Labute approximate surface area is 261 Å². The van der Waals surface area contributed by atoms with E-state index >= 15 is 0 Å². The summed E-state index contributed by atoms with van der Waals surface area (Å²) in [6.45, 7) is 5.81. The highest BCUT2D eigenvalue weighted by Gasteiger charge is 2.35. The van der Waals surface area contributed by atoms with Crippen molar-refractivity contribution in [3.8, 4) is 17.2 Å². The quantitative estimate of drug-likeness (QED) is 0.220. The standard InChI is InChI=1S/C33H31BrN2O6S/c1-6-41-32(38)27-28(21-10-8-7-9-11-21)35-33-36(29(27)22-12-14-23(39-4)15-13-22)31(37)26(43-33)18-20-16-24(34)30(42-19(2)3)25(17-20)40-5/h7-19,29H,6H2,1-5H3/b26-18-/t29-/m1/s1. The van der Waals surface area contributed by atoms with E-state index in [1.165, 1.54) is 11.3 Å². The molecule has 0 unspecified atom stereocenters. The molecule has 1 aromatic heterocycles. The van der Waals surface area contributed by atoms with Gasteiger partial charge in [0.2, 0.25) is 0 Å². The largest absolute Gasteiger partial charge is 0.497 e. The van der Waals surface area contributed by atoms with Crippen molar-refractivity contribution in [1.82, 2.24) is 4.57 Å². The van der Waals surface area contributed by atoms with Gasteiger partial charge in [0.1, 0.15) is 5.75 Å². The fraction of sp³-hybridized carbons (Fsp3) is 0.242. The van der Waals surface area contributed by atoms with Crippen molar-refractivity contribution >= 4 is 45.0 Å². The molecule has 0 aliphatic carbocycles. The minimum atomic E-state index is -0.776. The number of nitrogens with zero attached hydrogens (tertiary/aromatic N) is 2. The van der Waals surface area contributed by atoms with Crippen molar-refractivity contribution in [2.24, 2.45) is 4.99 Å². The van der Waals surface area contributed by atoms with Gasteiger partial charge in [-0.1, -0.05) is 53.8 Å². The molecule has 4 aromatic rings. The van der Waals surface area contributed by atoms with Crippen LogP contribution in [0.2, 0.25) is 0 Å². The highest BCUT2D eigenvalue weighted by molar-refractivity contribution is 9.10. The third-order valence-corrected chi connectivity index (χ3v) is 8.28. The van der Waals surface area contributed by atoms with Crippen LogP contribution in [0.15, 0.2) is 86.6 Å². The second-order valence-electron chi connectivity index (χ2n) is 9.91. The molecular weight excluding hydrogens is 632 g/mol. The summed E-state index contributed by atoms with van der Waals surface area (Å²) in [5, 5.41) is 0. The van der Waals surface area contributed by atoms with Gasteiger partial charge in [0.25, 0.3) is 5.56 Å². The van der Waals surface area contributed by atoms with Crippen LogP contribution < -0.4 is 29.1 Å². The van der Waals surface area contributed by atoms with E-state index in [2.05, 4.69) is 15.9 Å². The second-order valence-corrected chi connectivity index (χ2v) is 11.8. The molecule has 0 radical (unpaired) electrons. The van der Waals surface area contributed by atoms with E-state index in [1.54, 1.807) is 43.9 Å². The minimum absolute atomic E-state index is 0.0508. The zero-order valence-corrected chi connectivity index (χ0v) is 26.8. The van der Waals surface area contributed by atoms with Gasteiger partial charge in [-0.2, -0.15) is 0 Å². The molecule has 10 heteroatoms. The molecule has 0 saturated carbocycles. The number of carbonyl (C=O) groups excluding carboxylic acids is 1. The summed E-state index contributed by atoms with van der Waals surface area (Å²) < 4.78 is 25.1. The third kappa shape index (κ3) is 6.16. The van der Waals surface area contributed by atoms with Gasteiger partial charge in [-0.3, -0.25) is 9.36 Å². The number of hydrogen-bond acceptors (Lipinski definition) is 8. The molecule has 43 heavy (non-hydrogen) atoms. The lowest BCUT2D eigenvalue weighted by Crippen LogP contribution is -2.40. The molecule has 2 heterocycles. The van der Waals surface area contributed by atoms with Crippen molar-refractivity contribution in [2.45, 2.75) is 32.9 Å². The van der Waals surface area contributed by atoms with Crippen LogP contribution >= 0.6 is 27.3 Å². The second kappa shape index (κ2) is 13.0. The predicted molar refractivity (Wildman–Crippen MR) is 171 cm³/mol. The lowest BCUT2D eigenvalue weighted by molar-refractivity contribution is -0.138. The van der Waals surface area contributed by atoms with Gasteiger partial charge in [0, 0.05) is 5.56 Å². The number of esters is 1. The Morgan fingerprint density at radius 2 is 1.79 bits per heavy atom. The molecule has 222 valence electrons. The van der Waals surface area contributed by atoms with Gasteiger partial charge in [-0.05, 0) is 78.2 Å². The number of fused-ring (bicyclic) bond motifs is 1. The molecule has 0 bridgehead atoms. The van der Waals surface area contributed by atoms with E-state index < -0.39 is 12.0 Å². The molecule has 1 aliphatic heterocycles. The number of carbonyl (C=O) groups is 1. The van der Waals surface area contributed by atoms with E-state index in [0.717, 1.165) is 16.7 Å². The topological polar surface area (TPSA) is 88.4 Å². The number of halogens is 1. The summed E-state index contributed by atoms with van der Waals surface area (Å²) >= 11 is 4.84. The third-order valence-electron chi connectivity index (χ3n) is 6.71. The normalized spacial score (nSPS) is 14.8. The fourth-order valence-electron chi connectivity index (χ4n) is 4.87. The van der Waals surface area contributed by atoms with Gasteiger partial charge in [0.05, 0.1) is 53.2 Å². The van der Waals surface area contributed by atoms with E-state index in [9.17, 15) is 9.59 Å². The number of hydrogen-bond donors (Lipinski definition) is 0. The van der Waals surface area contributed by atoms with Crippen molar-refractivity contribution in [3.63, 3.8) is 0 Å². The maximum atomic E-state index is 14.2. The first-order valence-electron chi connectivity index (χ1n) is 13.7. The first-order chi connectivity index (χ1) is 20.7. The highest BCUT2D eigenvalue weighted by atomic mass is 79.9. The van der Waals surface area contributed by atoms with Crippen molar-refractivity contribution in [2.75, 3.05) is 20.8 Å². The number of methoxy groups -OCH3 is 2. The molecule has 0 spiro atoms. The van der Waals surface area contributed by atoms with Gasteiger partial charge in [0.15, 0.2) is 16.3 Å².